The van der Waals surface area contributed by atoms with Gasteiger partial charge in [-0.3, -0.25) is 4.79 Å². The summed E-state index contributed by atoms with van der Waals surface area (Å²) >= 11 is 11.9. The van der Waals surface area contributed by atoms with Crippen LogP contribution in [0.15, 0.2) is 53.6 Å². The lowest BCUT2D eigenvalue weighted by Crippen LogP contribution is -2.20. The van der Waals surface area contributed by atoms with E-state index in [9.17, 15) is 9.90 Å². The van der Waals surface area contributed by atoms with Gasteiger partial charge >= 0.3 is 0 Å². The number of carbonyl (C=O) groups is 1. The molecule has 0 radical (unpaired) electrons. The quantitative estimate of drug-likeness (QED) is 0.450. The fourth-order valence-corrected chi connectivity index (χ4v) is 3.56. The van der Waals surface area contributed by atoms with Gasteiger partial charge in [0.25, 0.3) is 5.91 Å². The predicted octanol–water partition coefficient (Wildman–Crippen LogP) is 5.26. The van der Waals surface area contributed by atoms with Crippen LogP contribution < -0.4 is 5.43 Å². The Morgan fingerprint density at radius 2 is 1.75 bits per heavy atom. The Labute approximate surface area is 173 Å². The molecule has 0 aliphatic heterocycles. The molecule has 28 heavy (non-hydrogen) atoms. The number of phenols is 1. The van der Waals surface area contributed by atoms with Gasteiger partial charge in [-0.15, -0.1) is 0 Å². The number of hydrogen-bond donors (Lipinski definition) is 2. The Morgan fingerprint density at radius 1 is 1.07 bits per heavy atom. The van der Waals surface area contributed by atoms with E-state index >= 15 is 0 Å². The van der Waals surface area contributed by atoms with Crippen molar-refractivity contribution in [1.82, 2.24) is 9.99 Å². The zero-order valence-electron chi connectivity index (χ0n) is 15.6. The number of hydrogen-bond acceptors (Lipinski definition) is 3. The maximum Gasteiger partial charge on any atom is 0.273 e. The summed E-state index contributed by atoms with van der Waals surface area (Å²) in [5.74, 6) is -0.480. The molecule has 1 heterocycles. The van der Waals surface area contributed by atoms with Crippen LogP contribution in [0.5, 0.6) is 5.75 Å². The van der Waals surface area contributed by atoms with Crippen molar-refractivity contribution in [3.63, 3.8) is 0 Å². The number of phenolic OH excluding ortho intramolecular Hbond substituents is 1. The summed E-state index contributed by atoms with van der Waals surface area (Å²) < 4.78 is 2.01. The lowest BCUT2D eigenvalue weighted by molar-refractivity contribution is 0.0954. The van der Waals surface area contributed by atoms with Gasteiger partial charge in [-0.05, 0) is 51.1 Å². The first-order chi connectivity index (χ1) is 13.3. The number of nitrogens with one attached hydrogen (secondary N) is 1. The zero-order chi connectivity index (χ0) is 20.4. The van der Waals surface area contributed by atoms with E-state index in [1.807, 2.05) is 54.8 Å². The molecule has 7 heteroatoms. The van der Waals surface area contributed by atoms with Gasteiger partial charge in [-0.2, -0.15) is 5.10 Å². The molecule has 0 atom stereocenters. The minimum absolute atomic E-state index is 0.120. The number of halogens is 2. The molecule has 3 rings (SSSR count). The van der Waals surface area contributed by atoms with Crippen molar-refractivity contribution in [3.8, 4) is 11.4 Å². The first-order valence-corrected chi connectivity index (χ1v) is 9.32. The smallest absolute Gasteiger partial charge is 0.273 e. The third-order valence-electron chi connectivity index (χ3n) is 4.43. The van der Waals surface area contributed by atoms with Crippen molar-refractivity contribution in [2.45, 2.75) is 20.8 Å². The van der Waals surface area contributed by atoms with Crippen LogP contribution in [-0.4, -0.2) is 21.3 Å². The second-order valence-electron chi connectivity index (χ2n) is 6.38. The van der Waals surface area contributed by atoms with E-state index in [4.69, 9.17) is 23.2 Å². The minimum Gasteiger partial charge on any atom is -0.506 e. The highest BCUT2D eigenvalue weighted by molar-refractivity contribution is 6.36. The molecule has 0 saturated heterocycles. The highest BCUT2D eigenvalue weighted by Gasteiger charge is 2.17. The maximum atomic E-state index is 12.7. The molecule has 1 aromatic heterocycles. The van der Waals surface area contributed by atoms with Crippen LogP contribution in [0.3, 0.4) is 0 Å². The van der Waals surface area contributed by atoms with Crippen molar-refractivity contribution in [3.05, 3.63) is 81.1 Å². The average Bonchev–Trinajstić information content (AvgIpc) is 2.97. The summed E-state index contributed by atoms with van der Waals surface area (Å²) in [7, 11) is 0. The molecule has 3 aromatic rings. The van der Waals surface area contributed by atoms with Crippen LogP contribution in [0.2, 0.25) is 10.0 Å². The number of aryl methyl sites for hydroxylation is 1. The molecule has 0 saturated carbocycles. The highest BCUT2D eigenvalue weighted by atomic mass is 35.5. The predicted molar refractivity (Wildman–Crippen MR) is 113 cm³/mol. The first kappa shape index (κ1) is 20.0. The number of hydrazone groups is 1. The van der Waals surface area contributed by atoms with Gasteiger partial charge in [0, 0.05) is 27.7 Å². The van der Waals surface area contributed by atoms with Gasteiger partial charge in [-0.1, -0.05) is 41.4 Å². The van der Waals surface area contributed by atoms with Gasteiger partial charge < -0.3 is 9.67 Å². The number of aromatic hydroxyl groups is 1. The second kappa shape index (κ2) is 8.09. The largest absolute Gasteiger partial charge is 0.506 e. The number of amides is 1. The molecular formula is C21H19Cl2N3O2. The van der Waals surface area contributed by atoms with Gasteiger partial charge in [0.05, 0.1) is 16.3 Å². The highest BCUT2D eigenvalue weighted by Crippen LogP contribution is 2.31. The lowest BCUT2D eigenvalue weighted by Gasteiger charge is -2.10. The van der Waals surface area contributed by atoms with Gasteiger partial charge in [-0.25, -0.2) is 5.43 Å². The fourth-order valence-electron chi connectivity index (χ4n) is 3.06. The molecule has 0 unspecified atom stereocenters. The Bertz CT molecular complexity index is 1070. The van der Waals surface area contributed by atoms with E-state index in [1.54, 1.807) is 6.92 Å². The Balaban J connectivity index is 1.88. The normalized spacial score (nSPS) is 11.5. The van der Waals surface area contributed by atoms with Crippen LogP contribution in [0.25, 0.3) is 5.69 Å². The summed E-state index contributed by atoms with van der Waals surface area (Å²) in [5, 5.41) is 14.7. The molecule has 2 N–H and O–H groups in total. The van der Waals surface area contributed by atoms with E-state index in [0.29, 0.717) is 21.9 Å². The summed E-state index contributed by atoms with van der Waals surface area (Å²) in [4.78, 5) is 12.7. The third-order valence-corrected chi connectivity index (χ3v) is 4.94. The van der Waals surface area contributed by atoms with Crippen LogP contribution in [-0.2, 0) is 0 Å². The Morgan fingerprint density at radius 3 is 2.43 bits per heavy atom. The molecule has 144 valence electrons. The monoisotopic (exact) mass is 415 g/mol. The fraction of sp³-hybridized carbons (Fsp3) is 0.143. The topological polar surface area (TPSA) is 66.6 Å². The van der Waals surface area contributed by atoms with E-state index in [-0.39, 0.29) is 16.7 Å². The standard InChI is InChI=1S/C21H19Cl2N3O2/c1-12-9-18(14(3)26(12)16-7-5-4-6-8-16)21(28)25-24-13(2)17-10-15(22)11-19(23)20(17)27/h4-11,27H,1-3H3,(H,25,28)/b24-13+. The second-order valence-corrected chi connectivity index (χ2v) is 7.22. The Hall–Kier alpha value is -2.76. The molecule has 0 spiro atoms. The molecule has 0 aliphatic carbocycles. The summed E-state index contributed by atoms with van der Waals surface area (Å²) in [6.07, 6.45) is 0. The summed E-state index contributed by atoms with van der Waals surface area (Å²) in [6.45, 7) is 5.47. The van der Waals surface area contributed by atoms with Crippen molar-refractivity contribution in [2.24, 2.45) is 5.10 Å². The van der Waals surface area contributed by atoms with Crippen molar-refractivity contribution in [1.29, 1.82) is 0 Å². The molecule has 5 nitrogen and oxygen atoms in total. The van der Waals surface area contributed by atoms with E-state index in [1.165, 1.54) is 12.1 Å². The molecule has 0 aliphatic rings. The maximum absolute atomic E-state index is 12.7. The summed E-state index contributed by atoms with van der Waals surface area (Å²) in [5.41, 5.74) is 6.52. The van der Waals surface area contributed by atoms with Crippen LogP contribution in [0, 0.1) is 13.8 Å². The lowest BCUT2D eigenvalue weighted by atomic mass is 10.1. The number of carbonyl (C=O) groups excluding carboxylic acids is 1. The Kier molecular flexibility index (Phi) is 5.77. The van der Waals surface area contributed by atoms with E-state index in [0.717, 1.165) is 17.1 Å². The van der Waals surface area contributed by atoms with E-state index < -0.39 is 0 Å². The molecule has 1 amide bonds. The van der Waals surface area contributed by atoms with Crippen LogP contribution >= 0.6 is 23.2 Å². The van der Waals surface area contributed by atoms with Gasteiger partial charge in [0.1, 0.15) is 5.75 Å². The molecule has 2 aromatic carbocycles. The first-order valence-electron chi connectivity index (χ1n) is 8.57. The average molecular weight is 416 g/mol. The van der Waals surface area contributed by atoms with Gasteiger partial charge in [0.15, 0.2) is 0 Å². The van der Waals surface area contributed by atoms with E-state index in [2.05, 4.69) is 10.5 Å². The molecule has 0 bridgehead atoms. The number of nitrogens with zero attached hydrogens (tertiary/aromatic N) is 2. The number of rotatable bonds is 4. The number of benzene rings is 2. The van der Waals surface area contributed by atoms with Crippen molar-refractivity contribution < 1.29 is 9.90 Å². The molecule has 0 fully saturated rings. The zero-order valence-corrected chi connectivity index (χ0v) is 17.1. The molecular weight excluding hydrogens is 397 g/mol. The number of aromatic nitrogens is 1. The van der Waals surface area contributed by atoms with Crippen molar-refractivity contribution in [2.75, 3.05) is 0 Å². The van der Waals surface area contributed by atoms with Crippen LogP contribution in [0.1, 0.15) is 34.2 Å². The SMILES string of the molecule is C/C(=N\NC(=O)c1cc(C)n(-c2ccccc2)c1C)c1cc(Cl)cc(Cl)c1O. The third kappa shape index (κ3) is 3.91. The minimum atomic E-state index is -0.345. The summed E-state index contributed by atoms with van der Waals surface area (Å²) in [6, 6.07) is 14.6. The number of para-hydroxylation sites is 1. The van der Waals surface area contributed by atoms with Gasteiger partial charge in [0.2, 0.25) is 0 Å². The van der Waals surface area contributed by atoms with Crippen LogP contribution in [0.4, 0.5) is 0 Å². The van der Waals surface area contributed by atoms with Crippen molar-refractivity contribution >= 4 is 34.8 Å².